The summed E-state index contributed by atoms with van der Waals surface area (Å²) in [6.45, 7) is 2.36. The molecule has 3 nitrogen and oxygen atoms in total. The molecule has 1 saturated heterocycles. The van der Waals surface area contributed by atoms with Gasteiger partial charge in [0.05, 0.1) is 0 Å². The maximum absolute atomic E-state index is 4.98. The Morgan fingerprint density at radius 2 is 2.57 bits per heavy atom. The van der Waals surface area contributed by atoms with Gasteiger partial charge in [0, 0.05) is 0 Å². The van der Waals surface area contributed by atoms with Crippen molar-refractivity contribution in [3.63, 3.8) is 0 Å². The van der Waals surface area contributed by atoms with Gasteiger partial charge in [-0.1, -0.05) is 0 Å². The molecule has 0 radical (unpaired) electrons. The molecule has 0 amide bonds. The highest BCUT2D eigenvalue weighted by atomic mass is 32.1. The van der Waals surface area contributed by atoms with Crippen molar-refractivity contribution in [1.29, 1.82) is 0 Å². The summed E-state index contributed by atoms with van der Waals surface area (Å²) in [5.41, 5.74) is 5.55. The first-order chi connectivity index (χ1) is 3.21. The highest BCUT2D eigenvalue weighted by Gasteiger charge is 2.22. The van der Waals surface area contributed by atoms with Gasteiger partial charge in [-0.15, -0.1) is 12.6 Å². The molecule has 0 aromatic rings. The fourth-order valence-electron chi connectivity index (χ4n) is 0.413. The smallest absolute Gasteiger partial charge is 0.175 e. The van der Waals surface area contributed by atoms with Crippen LogP contribution in [0.15, 0.2) is 0 Å². The molecule has 1 fully saturated rings. The molecule has 7 heavy (non-hydrogen) atoms. The zero-order chi connectivity index (χ0) is 5.33. The third-order valence-corrected chi connectivity index (χ3v) is 0.987. The fourth-order valence-corrected chi connectivity index (χ4v) is 0.556. The first-order valence-electron chi connectivity index (χ1n) is 2.07. The van der Waals surface area contributed by atoms with E-state index in [-0.39, 0.29) is 0 Å². The predicted molar refractivity (Wildman–Crippen MR) is 29.6 cm³/mol. The van der Waals surface area contributed by atoms with E-state index in [9.17, 15) is 0 Å². The highest BCUT2D eigenvalue weighted by Crippen LogP contribution is 2.11. The van der Waals surface area contributed by atoms with Crippen LogP contribution < -0.4 is 10.9 Å². The molecule has 42 valence electrons. The van der Waals surface area contributed by atoms with Crippen molar-refractivity contribution in [2.24, 2.45) is 0 Å². The first-order valence-corrected chi connectivity index (χ1v) is 2.52. The molecule has 1 atom stereocenters. The fraction of sp³-hybridized carbons (Fsp3) is 1.00. The van der Waals surface area contributed by atoms with Crippen molar-refractivity contribution >= 4 is 12.6 Å². The SMILES string of the molecule is CC1(S)NNCO1. The van der Waals surface area contributed by atoms with Gasteiger partial charge < -0.3 is 4.74 Å². The van der Waals surface area contributed by atoms with Crippen molar-refractivity contribution in [1.82, 2.24) is 10.9 Å². The van der Waals surface area contributed by atoms with Gasteiger partial charge in [0.1, 0.15) is 6.73 Å². The summed E-state index contributed by atoms with van der Waals surface area (Å²) in [7, 11) is 0. The summed E-state index contributed by atoms with van der Waals surface area (Å²) in [6, 6.07) is 0. The average Bonchev–Trinajstić information content (AvgIpc) is 1.84. The van der Waals surface area contributed by atoms with E-state index in [0.717, 1.165) is 0 Å². The second-order valence-corrected chi connectivity index (χ2v) is 2.43. The van der Waals surface area contributed by atoms with Gasteiger partial charge in [-0.25, -0.2) is 10.9 Å². The minimum Gasteiger partial charge on any atom is -0.334 e. The van der Waals surface area contributed by atoms with E-state index in [2.05, 4.69) is 23.5 Å². The zero-order valence-electron chi connectivity index (χ0n) is 4.06. The molecule has 0 aliphatic carbocycles. The van der Waals surface area contributed by atoms with Crippen LogP contribution in [0.2, 0.25) is 0 Å². The molecule has 0 saturated carbocycles. The Balaban J connectivity index is 2.40. The quantitative estimate of drug-likeness (QED) is 0.383. The van der Waals surface area contributed by atoms with Crippen LogP contribution in [0, 0.1) is 0 Å². The molecular formula is C3H8N2OS. The number of nitrogens with one attached hydrogen (secondary N) is 2. The largest absolute Gasteiger partial charge is 0.334 e. The summed E-state index contributed by atoms with van der Waals surface area (Å²) < 4.78 is 4.98. The van der Waals surface area contributed by atoms with E-state index in [4.69, 9.17) is 4.74 Å². The Hall–Kier alpha value is 0.230. The monoisotopic (exact) mass is 120 g/mol. The predicted octanol–water partition coefficient (Wildman–Crippen LogP) is -0.328. The Bertz CT molecular complexity index is 67.3. The van der Waals surface area contributed by atoms with Gasteiger partial charge in [0.15, 0.2) is 5.06 Å². The molecule has 0 aromatic carbocycles. The van der Waals surface area contributed by atoms with Crippen molar-refractivity contribution < 1.29 is 4.74 Å². The average molecular weight is 120 g/mol. The Kier molecular flexibility index (Phi) is 1.25. The Labute approximate surface area is 47.8 Å². The van der Waals surface area contributed by atoms with Gasteiger partial charge in [-0.2, -0.15) is 0 Å². The van der Waals surface area contributed by atoms with E-state index < -0.39 is 5.06 Å². The minimum absolute atomic E-state index is 0.472. The van der Waals surface area contributed by atoms with Gasteiger partial charge in [-0.05, 0) is 6.92 Å². The lowest BCUT2D eigenvalue weighted by atomic mass is 10.7. The number of hydrogen-bond acceptors (Lipinski definition) is 4. The van der Waals surface area contributed by atoms with E-state index in [1.807, 2.05) is 6.92 Å². The van der Waals surface area contributed by atoms with Crippen LogP contribution in [0.4, 0.5) is 0 Å². The van der Waals surface area contributed by atoms with Crippen molar-refractivity contribution in [2.75, 3.05) is 6.73 Å². The molecule has 1 unspecified atom stereocenters. The summed E-state index contributed by atoms with van der Waals surface area (Å²) in [5.74, 6) is 0. The third kappa shape index (κ3) is 1.31. The number of hydrazine groups is 1. The molecule has 1 heterocycles. The van der Waals surface area contributed by atoms with Gasteiger partial charge in [0.2, 0.25) is 0 Å². The topological polar surface area (TPSA) is 33.3 Å². The molecule has 1 aliphatic heterocycles. The maximum Gasteiger partial charge on any atom is 0.175 e. The molecule has 2 N–H and O–H groups in total. The lowest BCUT2D eigenvalue weighted by Crippen LogP contribution is -2.36. The standard InChI is InChI=1S/C3H8N2OS/c1-3(7)5-4-2-6-3/h4-5,7H,2H2,1H3. The minimum atomic E-state index is -0.472. The van der Waals surface area contributed by atoms with Crippen LogP contribution >= 0.6 is 12.6 Å². The van der Waals surface area contributed by atoms with Crippen LogP contribution in [0.3, 0.4) is 0 Å². The van der Waals surface area contributed by atoms with Gasteiger partial charge in [0.25, 0.3) is 0 Å². The van der Waals surface area contributed by atoms with Crippen molar-refractivity contribution in [3.05, 3.63) is 0 Å². The van der Waals surface area contributed by atoms with Crippen LogP contribution in [-0.4, -0.2) is 11.8 Å². The summed E-state index contributed by atoms with van der Waals surface area (Å²) in [4.78, 5) is 0. The number of thiol groups is 1. The third-order valence-electron chi connectivity index (χ3n) is 0.746. The Morgan fingerprint density at radius 3 is 2.71 bits per heavy atom. The second-order valence-electron chi connectivity index (χ2n) is 1.57. The second kappa shape index (κ2) is 1.63. The van der Waals surface area contributed by atoms with Crippen LogP contribution in [-0.2, 0) is 4.74 Å². The molecule has 0 spiro atoms. The summed E-state index contributed by atoms with van der Waals surface area (Å²) in [6.07, 6.45) is 0. The van der Waals surface area contributed by atoms with Crippen LogP contribution in [0.5, 0.6) is 0 Å². The number of rotatable bonds is 0. The molecule has 0 bridgehead atoms. The molecule has 0 aromatic heterocycles. The van der Waals surface area contributed by atoms with Gasteiger partial charge in [-0.3, -0.25) is 0 Å². The lowest BCUT2D eigenvalue weighted by Gasteiger charge is -2.12. The molecular weight excluding hydrogens is 112 g/mol. The normalized spacial score (nSPS) is 42.0. The Morgan fingerprint density at radius 1 is 1.86 bits per heavy atom. The van der Waals surface area contributed by atoms with Crippen LogP contribution in [0.25, 0.3) is 0 Å². The van der Waals surface area contributed by atoms with Crippen molar-refractivity contribution in [3.8, 4) is 0 Å². The molecule has 1 aliphatic rings. The van der Waals surface area contributed by atoms with Gasteiger partial charge >= 0.3 is 0 Å². The number of hydrogen-bond donors (Lipinski definition) is 3. The van der Waals surface area contributed by atoms with Crippen molar-refractivity contribution in [2.45, 2.75) is 12.0 Å². The zero-order valence-corrected chi connectivity index (χ0v) is 4.96. The van der Waals surface area contributed by atoms with E-state index in [1.54, 1.807) is 0 Å². The first kappa shape index (κ1) is 5.37. The van der Waals surface area contributed by atoms with E-state index >= 15 is 0 Å². The maximum atomic E-state index is 4.98. The van der Waals surface area contributed by atoms with E-state index in [0.29, 0.717) is 6.73 Å². The molecule has 4 heteroatoms. The summed E-state index contributed by atoms with van der Waals surface area (Å²) >= 11 is 4.05. The lowest BCUT2D eigenvalue weighted by molar-refractivity contribution is 0.0873. The number of ether oxygens (including phenoxy) is 1. The molecule has 1 rings (SSSR count). The summed E-state index contributed by atoms with van der Waals surface area (Å²) in [5, 5.41) is -0.472. The highest BCUT2D eigenvalue weighted by molar-refractivity contribution is 7.81. The van der Waals surface area contributed by atoms with E-state index in [1.165, 1.54) is 0 Å². The van der Waals surface area contributed by atoms with Crippen LogP contribution in [0.1, 0.15) is 6.92 Å².